The Labute approximate surface area is 126 Å². The van der Waals surface area contributed by atoms with Gasteiger partial charge in [-0.15, -0.1) is 0 Å². The zero-order valence-electron chi connectivity index (χ0n) is 12.1. The van der Waals surface area contributed by atoms with Gasteiger partial charge in [-0.25, -0.2) is 0 Å². The van der Waals surface area contributed by atoms with Crippen LogP contribution >= 0.6 is 0 Å². The van der Waals surface area contributed by atoms with E-state index in [2.05, 4.69) is 6.92 Å². The minimum atomic E-state index is 0.483. The molecular weight excluding hydrogens is 219 g/mol. The summed E-state index contributed by atoms with van der Waals surface area (Å²) in [4.78, 5) is 10.8. The van der Waals surface area contributed by atoms with E-state index >= 15 is 0 Å². The number of carbonyl (C=O) groups excluding carboxylic acids is 1. The van der Waals surface area contributed by atoms with E-state index in [0.717, 1.165) is 40.8 Å². The zero-order valence-corrected chi connectivity index (χ0v) is 14.1. The summed E-state index contributed by atoms with van der Waals surface area (Å²) in [5, 5.41) is 0. The molecule has 0 aromatic carbocycles. The maximum atomic E-state index is 10.8. The average molecular weight is 248 g/mol. The molecule has 0 N–H and O–H groups in total. The van der Waals surface area contributed by atoms with Crippen LogP contribution in [-0.2, 0) is 4.79 Å². The Morgan fingerprint density at radius 1 is 0.706 bits per heavy atom. The van der Waals surface area contributed by atoms with Gasteiger partial charge in [0.25, 0.3) is 0 Å². The third kappa shape index (κ3) is 16.7. The second kappa shape index (κ2) is 14.7. The van der Waals surface area contributed by atoms with Gasteiger partial charge in [0.15, 0.2) is 0 Å². The fourth-order valence-electron chi connectivity index (χ4n) is 2.21. The molecule has 1 nitrogen and oxygen atoms in total. The topological polar surface area (TPSA) is 17.1 Å². The summed E-state index contributed by atoms with van der Waals surface area (Å²) in [7, 11) is 0. The van der Waals surface area contributed by atoms with E-state index in [0.29, 0.717) is 3.03 Å². The first kappa shape index (κ1) is 17.7. The normalized spacial score (nSPS) is 10.8. The van der Waals surface area contributed by atoms with Crippen LogP contribution < -0.4 is 0 Å². The third-order valence-electron chi connectivity index (χ3n) is 3.38. The van der Waals surface area contributed by atoms with Gasteiger partial charge in [0.05, 0.1) is 0 Å². The van der Waals surface area contributed by atoms with E-state index in [1.165, 1.54) is 70.6 Å². The third-order valence-corrected chi connectivity index (χ3v) is 3.88. The fraction of sp³-hybridized carbons (Fsp3) is 0.933. The molecule has 0 aliphatic heterocycles. The van der Waals surface area contributed by atoms with Crippen LogP contribution in [0, 0.1) is 0 Å². The van der Waals surface area contributed by atoms with Gasteiger partial charge in [0.1, 0.15) is 0 Å². The minimum absolute atomic E-state index is 0.483. The number of hydrogen-bond acceptors (Lipinski definition) is 1. The molecule has 0 heterocycles. The molecule has 0 bridgehead atoms. The van der Waals surface area contributed by atoms with Crippen molar-refractivity contribution in [1.82, 2.24) is 0 Å². The molecule has 0 saturated heterocycles. The maximum absolute atomic E-state index is 10.8. The van der Waals surface area contributed by atoms with Crippen molar-refractivity contribution < 1.29 is 4.79 Å². The van der Waals surface area contributed by atoms with Gasteiger partial charge in [-0.05, 0) is 0 Å². The zero-order chi connectivity index (χ0) is 12.8. The van der Waals surface area contributed by atoms with Crippen molar-refractivity contribution in [3.63, 3.8) is 0 Å². The van der Waals surface area contributed by atoms with Gasteiger partial charge in [-0.2, -0.15) is 0 Å². The summed E-state index contributed by atoms with van der Waals surface area (Å²) >= 11 is 0.751. The van der Waals surface area contributed by atoms with Crippen molar-refractivity contribution in [2.45, 2.75) is 90.4 Å². The molecule has 0 spiro atoms. The van der Waals surface area contributed by atoms with Crippen LogP contribution in [0.25, 0.3) is 0 Å². The molecular formula is C15H29NaO. The van der Waals surface area contributed by atoms with Gasteiger partial charge in [0.2, 0.25) is 0 Å². The number of unbranched alkanes of at least 4 members (excludes halogenated alkanes) is 11. The van der Waals surface area contributed by atoms with E-state index in [-0.39, 0.29) is 0 Å². The Morgan fingerprint density at radius 3 is 1.41 bits per heavy atom. The van der Waals surface area contributed by atoms with E-state index in [9.17, 15) is 4.79 Å². The summed E-state index contributed by atoms with van der Waals surface area (Å²) in [5.41, 5.74) is 0. The molecule has 0 rings (SSSR count). The molecule has 0 saturated carbocycles. The van der Waals surface area contributed by atoms with Crippen molar-refractivity contribution in [2.75, 3.05) is 0 Å². The first-order valence-corrected chi connectivity index (χ1v) is 8.76. The summed E-state index contributed by atoms with van der Waals surface area (Å²) < 4.78 is 0.483. The molecule has 0 unspecified atom stereocenters. The van der Waals surface area contributed by atoms with Crippen molar-refractivity contribution in [2.24, 2.45) is 0 Å². The van der Waals surface area contributed by atoms with Crippen LogP contribution in [0.3, 0.4) is 0 Å². The first-order chi connectivity index (χ1) is 8.27. The second-order valence-corrected chi connectivity index (χ2v) is 6.46. The van der Waals surface area contributed by atoms with E-state index < -0.39 is 0 Å². The molecule has 0 aliphatic rings. The second-order valence-electron chi connectivity index (χ2n) is 5.34. The average Bonchev–Trinajstić information content (AvgIpc) is 2.30. The van der Waals surface area contributed by atoms with Crippen LogP contribution in [0.5, 0.6) is 0 Å². The summed E-state index contributed by atoms with van der Waals surface area (Å²) in [6.45, 7) is 2.27. The van der Waals surface area contributed by atoms with E-state index in [4.69, 9.17) is 0 Å². The van der Waals surface area contributed by atoms with Gasteiger partial charge < -0.3 is 0 Å². The number of carbonyl (C=O) groups is 1. The molecule has 0 aliphatic carbocycles. The quantitative estimate of drug-likeness (QED) is 0.339. The molecule has 2 heteroatoms. The number of rotatable bonds is 13. The summed E-state index contributed by atoms with van der Waals surface area (Å²) in [5.74, 6) is 0. The number of hydrogen-bond donors (Lipinski definition) is 0. The molecule has 0 radical (unpaired) electrons. The Balaban J connectivity index is 2.91. The van der Waals surface area contributed by atoms with Crippen molar-refractivity contribution in [3.8, 4) is 0 Å². The molecule has 0 aromatic heterocycles. The van der Waals surface area contributed by atoms with Crippen molar-refractivity contribution in [3.05, 3.63) is 0 Å². The summed E-state index contributed by atoms with van der Waals surface area (Å²) in [6, 6.07) is 0. The summed E-state index contributed by atoms with van der Waals surface area (Å²) in [6.07, 6.45) is 17.3. The molecule has 0 aromatic rings. The Hall–Kier alpha value is 0.670. The van der Waals surface area contributed by atoms with Gasteiger partial charge in [0, 0.05) is 0 Å². The first-order valence-electron chi connectivity index (χ1n) is 7.76. The van der Waals surface area contributed by atoms with Crippen LogP contribution in [-0.4, -0.2) is 31.0 Å². The Morgan fingerprint density at radius 2 is 1.06 bits per heavy atom. The Kier molecular flexibility index (Phi) is 15.3. The predicted octanol–water partition coefficient (Wildman–Crippen LogP) is 4.77. The van der Waals surface area contributed by atoms with Gasteiger partial charge in [-0.1, -0.05) is 19.8 Å². The molecule has 96 valence electrons. The molecule has 17 heavy (non-hydrogen) atoms. The molecule has 0 amide bonds. The van der Waals surface area contributed by atoms with Crippen LogP contribution in [0.2, 0.25) is 0 Å². The van der Waals surface area contributed by atoms with Crippen LogP contribution in [0.1, 0.15) is 90.4 Å². The SMILES string of the molecule is CCCCCCCCCCCCCC[C](=O)[Na]. The van der Waals surface area contributed by atoms with E-state index in [1.54, 1.807) is 0 Å². The van der Waals surface area contributed by atoms with Crippen molar-refractivity contribution in [1.29, 1.82) is 0 Å². The fourth-order valence-corrected chi connectivity index (χ4v) is 2.57. The van der Waals surface area contributed by atoms with Gasteiger partial charge >= 0.3 is 106 Å². The molecule has 0 fully saturated rings. The van der Waals surface area contributed by atoms with Crippen LogP contribution in [0.4, 0.5) is 0 Å². The monoisotopic (exact) mass is 248 g/mol. The molecule has 0 atom stereocenters. The van der Waals surface area contributed by atoms with E-state index in [1.807, 2.05) is 0 Å². The Bertz CT molecular complexity index is 168. The van der Waals surface area contributed by atoms with Crippen molar-refractivity contribution >= 4 is 31.0 Å². The standard InChI is InChI=1S/C15H29O.Na/c1-2-3-4-5-6-7-8-9-10-11-12-13-14-15-16;/h2-14H2,1H3;. The van der Waals surface area contributed by atoms with Crippen LogP contribution in [0.15, 0.2) is 0 Å². The van der Waals surface area contributed by atoms with Gasteiger partial charge in [-0.3, -0.25) is 0 Å². The predicted molar refractivity (Wildman–Crippen MR) is 76.5 cm³/mol.